The number of fused-ring (bicyclic) bond motifs is 1. The van der Waals surface area contributed by atoms with E-state index in [0.29, 0.717) is 24.2 Å². The van der Waals surface area contributed by atoms with Gasteiger partial charge in [-0.2, -0.15) is 13.2 Å². The van der Waals surface area contributed by atoms with E-state index in [0.717, 1.165) is 0 Å². The third-order valence-corrected chi connectivity index (χ3v) is 4.93. The summed E-state index contributed by atoms with van der Waals surface area (Å²) >= 11 is 1.24. The molecule has 4 nitrogen and oxygen atoms in total. The highest BCUT2D eigenvalue weighted by Gasteiger charge is 2.40. The summed E-state index contributed by atoms with van der Waals surface area (Å²) < 4.78 is 52.0. The lowest BCUT2D eigenvalue weighted by Crippen LogP contribution is -2.25. The molecule has 0 amide bonds. The van der Waals surface area contributed by atoms with Gasteiger partial charge in [0.1, 0.15) is 22.0 Å². The lowest BCUT2D eigenvalue weighted by molar-refractivity contribution is -0.140. The average molecular weight is 307 g/mol. The zero-order valence-corrected chi connectivity index (χ0v) is 11.1. The number of anilines is 1. The molecule has 0 aromatic carbocycles. The summed E-state index contributed by atoms with van der Waals surface area (Å²) in [5.74, 6) is 0.0370. The van der Waals surface area contributed by atoms with Crippen LogP contribution in [0.4, 0.5) is 19.0 Å². The van der Waals surface area contributed by atoms with Gasteiger partial charge in [0.2, 0.25) is 0 Å². The highest BCUT2D eigenvalue weighted by Crippen LogP contribution is 2.37. The number of thiophene rings is 1. The normalized spacial score (nSPS) is 20.4. The van der Waals surface area contributed by atoms with E-state index in [4.69, 9.17) is 0 Å². The van der Waals surface area contributed by atoms with Crippen molar-refractivity contribution < 1.29 is 17.4 Å². The van der Waals surface area contributed by atoms with Gasteiger partial charge in [0.25, 0.3) is 0 Å². The van der Waals surface area contributed by atoms with E-state index < -0.39 is 22.9 Å². The van der Waals surface area contributed by atoms with Crippen molar-refractivity contribution in [3.63, 3.8) is 0 Å². The molecule has 3 rings (SSSR count). The molecule has 3 heterocycles. The van der Waals surface area contributed by atoms with Crippen LogP contribution in [0.15, 0.2) is 10.8 Å². The van der Waals surface area contributed by atoms with Gasteiger partial charge in [0, 0.05) is 23.1 Å². The van der Waals surface area contributed by atoms with E-state index in [1.54, 1.807) is 5.38 Å². The van der Waals surface area contributed by atoms with E-state index >= 15 is 0 Å². The molecular weight excluding hydrogens is 299 g/mol. The van der Waals surface area contributed by atoms with Crippen LogP contribution in [-0.2, 0) is 17.2 Å². The summed E-state index contributed by atoms with van der Waals surface area (Å²) in [6, 6.07) is 0. The van der Waals surface area contributed by atoms with E-state index in [1.807, 2.05) is 0 Å². The summed E-state index contributed by atoms with van der Waals surface area (Å²) in [6.45, 7) is 0.306. The van der Waals surface area contributed by atoms with E-state index in [9.17, 15) is 17.4 Å². The highest BCUT2D eigenvalue weighted by atomic mass is 32.2. The summed E-state index contributed by atoms with van der Waals surface area (Å²) in [5.41, 5.74) is -0.448. The van der Waals surface area contributed by atoms with Gasteiger partial charge in [0.15, 0.2) is 11.5 Å². The second-order valence-corrected chi connectivity index (χ2v) is 6.25. The number of aromatic nitrogens is 2. The minimum atomic E-state index is -4.61. The summed E-state index contributed by atoms with van der Waals surface area (Å²) in [5, 5.41) is 3.15. The largest absolute Gasteiger partial charge is 0.437 e. The third kappa shape index (κ3) is 2.20. The molecule has 0 aliphatic carbocycles. The van der Waals surface area contributed by atoms with E-state index in [-0.39, 0.29) is 11.3 Å². The molecule has 1 atom stereocenters. The molecular formula is C10H8F3N3OS2. The van der Waals surface area contributed by atoms with Crippen LogP contribution in [0.3, 0.4) is 0 Å². The van der Waals surface area contributed by atoms with Crippen LogP contribution in [0.25, 0.3) is 11.0 Å². The van der Waals surface area contributed by atoms with Crippen molar-refractivity contribution in [3.8, 4) is 0 Å². The summed E-state index contributed by atoms with van der Waals surface area (Å²) in [6.07, 6.45) is -4.02. The lowest BCUT2D eigenvalue weighted by atomic mass is 10.3. The molecule has 0 N–H and O–H groups in total. The third-order valence-electron chi connectivity index (χ3n) is 2.72. The molecule has 1 saturated heterocycles. The zero-order valence-electron chi connectivity index (χ0n) is 9.48. The minimum Gasteiger partial charge on any atom is -0.274 e. The molecule has 1 unspecified atom stereocenters. The summed E-state index contributed by atoms with van der Waals surface area (Å²) in [4.78, 5) is 7.63. The van der Waals surface area contributed by atoms with Crippen LogP contribution in [0.5, 0.6) is 0 Å². The van der Waals surface area contributed by atoms with Crippen molar-refractivity contribution in [2.45, 2.75) is 12.6 Å². The Morgan fingerprint density at radius 1 is 1.26 bits per heavy atom. The van der Waals surface area contributed by atoms with Gasteiger partial charge in [-0.25, -0.2) is 14.2 Å². The van der Waals surface area contributed by atoms with Crippen LogP contribution >= 0.6 is 11.3 Å². The predicted molar refractivity (Wildman–Crippen MR) is 67.4 cm³/mol. The van der Waals surface area contributed by atoms with Crippen LogP contribution in [0.1, 0.15) is 12.1 Å². The fraction of sp³-hybridized carbons (Fsp3) is 0.400. The molecule has 1 aliphatic rings. The topological polar surface area (TPSA) is 46.1 Å². The Hall–Kier alpha value is -1.22. The number of nitrogens with zero attached hydrogens (tertiary/aromatic N) is 3. The monoisotopic (exact) mass is 307 g/mol. The maximum Gasteiger partial charge on any atom is 0.437 e. The van der Waals surface area contributed by atoms with Crippen molar-refractivity contribution >= 4 is 39.2 Å². The standard InChI is InChI=1S/C10H8F3N3OS2/c11-10(12,13)8-9(16-2-1-3-19(16)17)15-7-5-18-4-6(7)14-8/h4-5H,1-3H2. The van der Waals surface area contributed by atoms with Gasteiger partial charge < -0.3 is 0 Å². The smallest absolute Gasteiger partial charge is 0.274 e. The van der Waals surface area contributed by atoms with Gasteiger partial charge in [-0.3, -0.25) is 4.31 Å². The minimum absolute atomic E-state index is 0.214. The van der Waals surface area contributed by atoms with Gasteiger partial charge >= 0.3 is 6.18 Å². The molecule has 9 heteroatoms. The van der Waals surface area contributed by atoms with Crippen molar-refractivity contribution in [2.24, 2.45) is 0 Å². The first-order chi connectivity index (χ1) is 8.97. The van der Waals surface area contributed by atoms with Gasteiger partial charge in [0.05, 0.1) is 0 Å². The Kier molecular flexibility index (Phi) is 2.97. The van der Waals surface area contributed by atoms with Crippen molar-refractivity contribution in [1.82, 2.24) is 9.97 Å². The Bertz CT molecular complexity index is 655. The number of alkyl halides is 3. The Morgan fingerprint density at radius 3 is 2.53 bits per heavy atom. The predicted octanol–water partition coefficient (Wildman–Crippen LogP) is 2.58. The number of rotatable bonds is 1. The first-order valence-electron chi connectivity index (χ1n) is 5.44. The molecule has 0 bridgehead atoms. The summed E-state index contributed by atoms with van der Waals surface area (Å²) in [7, 11) is -1.45. The van der Waals surface area contributed by atoms with Crippen LogP contribution < -0.4 is 4.31 Å². The number of hydrogen-bond acceptors (Lipinski definition) is 4. The van der Waals surface area contributed by atoms with Gasteiger partial charge in [-0.05, 0) is 6.42 Å². The van der Waals surface area contributed by atoms with Crippen LogP contribution in [0.2, 0.25) is 0 Å². The van der Waals surface area contributed by atoms with Crippen LogP contribution in [-0.4, -0.2) is 26.5 Å². The molecule has 19 heavy (non-hydrogen) atoms. The molecule has 102 valence electrons. The van der Waals surface area contributed by atoms with E-state index in [2.05, 4.69) is 9.97 Å². The molecule has 0 saturated carbocycles. The first kappa shape index (κ1) is 12.8. The number of hydrogen-bond donors (Lipinski definition) is 0. The highest BCUT2D eigenvalue weighted by molar-refractivity contribution is 7.86. The van der Waals surface area contributed by atoms with E-state index in [1.165, 1.54) is 21.0 Å². The molecule has 2 aromatic rings. The molecule has 0 radical (unpaired) electrons. The molecule has 1 fully saturated rings. The van der Waals surface area contributed by atoms with Gasteiger partial charge in [-0.1, -0.05) is 0 Å². The van der Waals surface area contributed by atoms with Crippen LogP contribution in [0, 0.1) is 0 Å². The first-order valence-corrected chi connectivity index (χ1v) is 7.66. The lowest BCUT2D eigenvalue weighted by Gasteiger charge is -2.19. The van der Waals surface area contributed by atoms with Crippen molar-refractivity contribution in [2.75, 3.05) is 16.6 Å². The second kappa shape index (κ2) is 4.41. The maximum absolute atomic E-state index is 13.0. The second-order valence-electron chi connectivity index (χ2n) is 4.02. The maximum atomic E-state index is 13.0. The van der Waals surface area contributed by atoms with Gasteiger partial charge in [-0.15, -0.1) is 11.3 Å². The quantitative estimate of drug-likeness (QED) is 0.813. The SMILES string of the molecule is O=S1CCCN1c1nc2cscc2nc1C(F)(F)F. The number of halogens is 3. The Morgan fingerprint density at radius 2 is 1.95 bits per heavy atom. The fourth-order valence-electron chi connectivity index (χ4n) is 1.90. The Labute approximate surface area is 112 Å². The molecule has 1 aliphatic heterocycles. The Balaban J connectivity index is 2.22. The van der Waals surface area contributed by atoms with Crippen molar-refractivity contribution in [1.29, 1.82) is 0 Å². The zero-order chi connectivity index (χ0) is 13.6. The molecule has 0 spiro atoms. The van der Waals surface area contributed by atoms with Crippen molar-refractivity contribution in [3.05, 3.63) is 16.5 Å². The average Bonchev–Trinajstić information content (AvgIpc) is 2.93. The molecule has 2 aromatic heterocycles. The fourth-order valence-corrected chi connectivity index (χ4v) is 3.82.